The molecule has 0 atom stereocenters. The minimum atomic E-state index is -0.315. The molecule has 0 unspecified atom stereocenters. The number of carbonyl (C=O) groups is 2. The lowest BCUT2D eigenvalue weighted by molar-refractivity contribution is 0.0963. The maximum absolute atomic E-state index is 12.7. The number of nitrogens with zero attached hydrogens (tertiary/aromatic N) is 1. The summed E-state index contributed by atoms with van der Waals surface area (Å²) in [4.78, 5) is 26.7. The molecule has 0 bridgehead atoms. The first-order valence-corrected chi connectivity index (χ1v) is 10.2. The fraction of sp³-hybridized carbons (Fsp3) is 0.438. The van der Waals surface area contributed by atoms with Gasteiger partial charge >= 0.3 is 0 Å². The molecule has 0 aliphatic heterocycles. The highest BCUT2D eigenvalue weighted by atomic mass is 32.1. The number of fused-ring (bicyclic) bond motifs is 1. The Labute approximate surface area is 159 Å². The molecule has 0 aromatic carbocycles. The zero-order valence-electron chi connectivity index (χ0n) is 14.1. The van der Waals surface area contributed by atoms with Crippen LogP contribution < -0.4 is 16.4 Å². The van der Waals surface area contributed by atoms with Crippen LogP contribution in [-0.2, 0) is 19.4 Å². The highest BCUT2D eigenvalue weighted by molar-refractivity contribution is 7.73. The van der Waals surface area contributed by atoms with Gasteiger partial charge in [0.05, 0.1) is 5.56 Å². The molecule has 25 heavy (non-hydrogen) atoms. The standard InChI is InChI=1S/C16H20N4O2S3/c1-3-20-12(17)11(25-16(20)23)14(22)19-15-10(13(21)18-2)8-6-4-5-7-9(8)24-15/h3-7,17H2,1-2H3,(H,18,21)(H,19,22). The van der Waals surface area contributed by atoms with E-state index in [0.717, 1.165) is 31.2 Å². The minimum absolute atomic E-state index is 0.165. The molecule has 6 nitrogen and oxygen atoms in total. The van der Waals surface area contributed by atoms with E-state index in [4.69, 9.17) is 18.0 Å². The van der Waals surface area contributed by atoms with Gasteiger partial charge in [0.15, 0.2) is 3.95 Å². The second kappa shape index (κ2) is 7.27. The number of hydrogen-bond donors (Lipinski definition) is 3. The van der Waals surface area contributed by atoms with E-state index in [0.29, 0.717) is 31.8 Å². The smallest absolute Gasteiger partial charge is 0.270 e. The lowest BCUT2D eigenvalue weighted by Gasteiger charge is -2.12. The number of thiophene rings is 1. The first kappa shape index (κ1) is 18.1. The first-order chi connectivity index (χ1) is 12.0. The maximum atomic E-state index is 12.7. The Bertz CT molecular complexity index is 894. The number of aromatic nitrogens is 1. The van der Waals surface area contributed by atoms with Crippen molar-refractivity contribution >= 4 is 57.5 Å². The number of thiazole rings is 1. The molecule has 4 N–H and O–H groups in total. The second-order valence-corrected chi connectivity index (χ2v) is 8.52. The van der Waals surface area contributed by atoms with Crippen LogP contribution in [0.15, 0.2) is 0 Å². The van der Waals surface area contributed by atoms with Crippen molar-refractivity contribution in [1.29, 1.82) is 0 Å². The molecular formula is C16H20N4O2S3. The molecule has 0 radical (unpaired) electrons. The SMILES string of the molecule is CCn1c(N)c(C(=O)Nc2sc3c(c2C(=O)NC)CCCC3)sc1=S. The van der Waals surface area contributed by atoms with Crippen molar-refractivity contribution in [3.05, 3.63) is 24.8 Å². The third kappa shape index (κ3) is 3.23. The van der Waals surface area contributed by atoms with Crippen molar-refractivity contribution in [3.8, 4) is 0 Å². The van der Waals surface area contributed by atoms with E-state index in [1.165, 1.54) is 27.6 Å². The minimum Gasteiger partial charge on any atom is -0.384 e. The van der Waals surface area contributed by atoms with Crippen LogP contribution in [0.1, 0.15) is 50.2 Å². The van der Waals surface area contributed by atoms with E-state index in [1.807, 2.05) is 6.92 Å². The predicted octanol–water partition coefficient (Wildman–Crippen LogP) is 3.43. The van der Waals surface area contributed by atoms with Gasteiger partial charge in [-0.15, -0.1) is 11.3 Å². The second-order valence-electron chi connectivity index (χ2n) is 5.77. The number of aryl methyl sites for hydroxylation is 1. The van der Waals surface area contributed by atoms with Gasteiger partial charge < -0.3 is 20.9 Å². The fourth-order valence-corrected chi connectivity index (χ4v) is 5.69. The molecule has 2 aromatic rings. The normalized spacial score (nSPS) is 13.4. The summed E-state index contributed by atoms with van der Waals surface area (Å²) in [6.07, 6.45) is 4.00. The number of nitrogens with one attached hydrogen (secondary N) is 2. The van der Waals surface area contributed by atoms with Crippen LogP contribution in [0, 0.1) is 3.95 Å². The number of anilines is 2. The van der Waals surface area contributed by atoms with Crippen LogP contribution in [0.3, 0.4) is 0 Å². The van der Waals surface area contributed by atoms with E-state index in [-0.39, 0.29) is 11.8 Å². The van der Waals surface area contributed by atoms with Crippen LogP contribution in [-0.4, -0.2) is 23.4 Å². The number of nitrogen functional groups attached to an aromatic ring is 1. The Balaban J connectivity index is 1.98. The molecule has 2 aromatic heterocycles. The molecule has 0 saturated carbocycles. The van der Waals surface area contributed by atoms with Crippen molar-refractivity contribution < 1.29 is 9.59 Å². The lowest BCUT2D eigenvalue weighted by Crippen LogP contribution is -2.22. The van der Waals surface area contributed by atoms with Crippen LogP contribution >= 0.6 is 34.9 Å². The Morgan fingerprint density at radius 2 is 1.96 bits per heavy atom. The quantitative estimate of drug-likeness (QED) is 0.691. The number of carbonyl (C=O) groups excluding carboxylic acids is 2. The average molecular weight is 397 g/mol. The molecule has 9 heteroatoms. The molecule has 134 valence electrons. The van der Waals surface area contributed by atoms with Gasteiger partial charge in [-0.3, -0.25) is 9.59 Å². The Morgan fingerprint density at radius 3 is 2.60 bits per heavy atom. The third-order valence-electron chi connectivity index (χ3n) is 4.31. The van der Waals surface area contributed by atoms with E-state index < -0.39 is 0 Å². The summed E-state index contributed by atoms with van der Waals surface area (Å²) in [5.74, 6) is -0.108. The van der Waals surface area contributed by atoms with Crippen LogP contribution in [0.25, 0.3) is 0 Å². The number of hydrogen-bond acceptors (Lipinski definition) is 6. The highest BCUT2D eigenvalue weighted by Gasteiger charge is 2.27. The first-order valence-electron chi connectivity index (χ1n) is 8.15. The van der Waals surface area contributed by atoms with Gasteiger partial charge in [0.1, 0.15) is 15.7 Å². The van der Waals surface area contributed by atoms with Gasteiger partial charge in [-0.1, -0.05) is 11.3 Å². The van der Waals surface area contributed by atoms with Crippen LogP contribution in [0.4, 0.5) is 10.8 Å². The predicted molar refractivity (Wildman–Crippen MR) is 106 cm³/mol. The Kier molecular flexibility index (Phi) is 5.26. The van der Waals surface area contributed by atoms with Crippen LogP contribution in [0.5, 0.6) is 0 Å². The molecule has 1 aliphatic rings. The van der Waals surface area contributed by atoms with Crippen molar-refractivity contribution in [2.24, 2.45) is 0 Å². The van der Waals surface area contributed by atoms with Crippen molar-refractivity contribution in [3.63, 3.8) is 0 Å². The molecule has 0 fully saturated rings. The van der Waals surface area contributed by atoms with Crippen molar-refractivity contribution in [1.82, 2.24) is 9.88 Å². The molecule has 0 spiro atoms. The zero-order valence-corrected chi connectivity index (χ0v) is 16.6. The summed E-state index contributed by atoms with van der Waals surface area (Å²) in [7, 11) is 1.60. The van der Waals surface area contributed by atoms with Crippen molar-refractivity contribution in [2.45, 2.75) is 39.2 Å². The number of rotatable bonds is 4. The summed E-state index contributed by atoms with van der Waals surface area (Å²) in [5, 5.41) is 6.17. The monoisotopic (exact) mass is 396 g/mol. The fourth-order valence-electron chi connectivity index (χ4n) is 3.06. The van der Waals surface area contributed by atoms with Crippen LogP contribution in [0.2, 0.25) is 0 Å². The van der Waals surface area contributed by atoms with E-state index in [9.17, 15) is 9.59 Å². The largest absolute Gasteiger partial charge is 0.384 e. The topological polar surface area (TPSA) is 89.2 Å². The lowest BCUT2D eigenvalue weighted by atomic mass is 9.95. The van der Waals surface area contributed by atoms with Gasteiger partial charge in [0.2, 0.25) is 0 Å². The maximum Gasteiger partial charge on any atom is 0.270 e. The molecular weight excluding hydrogens is 376 g/mol. The van der Waals surface area contributed by atoms with E-state index in [1.54, 1.807) is 11.6 Å². The van der Waals surface area contributed by atoms with Gasteiger partial charge in [0, 0.05) is 18.5 Å². The summed E-state index contributed by atoms with van der Waals surface area (Å²) >= 11 is 7.94. The van der Waals surface area contributed by atoms with Gasteiger partial charge in [-0.25, -0.2) is 0 Å². The van der Waals surface area contributed by atoms with Gasteiger partial charge in [0.25, 0.3) is 11.8 Å². The average Bonchev–Trinajstić information content (AvgIpc) is 3.10. The van der Waals surface area contributed by atoms with E-state index in [2.05, 4.69) is 10.6 Å². The molecule has 2 amide bonds. The molecule has 2 heterocycles. The van der Waals surface area contributed by atoms with Gasteiger partial charge in [-0.05, 0) is 50.4 Å². The molecule has 3 rings (SSSR count). The summed E-state index contributed by atoms with van der Waals surface area (Å²) in [5.41, 5.74) is 7.72. The molecule has 1 aliphatic carbocycles. The third-order valence-corrected chi connectivity index (χ3v) is 6.98. The highest BCUT2D eigenvalue weighted by Crippen LogP contribution is 2.38. The summed E-state index contributed by atoms with van der Waals surface area (Å²) in [6, 6.07) is 0. The Morgan fingerprint density at radius 1 is 1.24 bits per heavy atom. The van der Waals surface area contributed by atoms with Crippen molar-refractivity contribution in [2.75, 3.05) is 18.1 Å². The summed E-state index contributed by atoms with van der Waals surface area (Å²) in [6.45, 7) is 2.54. The zero-order chi connectivity index (χ0) is 18.1. The molecule has 0 saturated heterocycles. The van der Waals surface area contributed by atoms with E-state index >= 15 is 0 Å². The summed E-state index contributed by atoms with van der Waals surface area (Å²) < 4.78 is 2.30. The Hall–Kier alpha value is -1.71. The number of amides is 2. The van der Waals surface area contributed by atoms with Gasteiger partial charge in [-0.2, -0.15) is 0 Å². The number of nitrogens with two attached hydrogens (primary N) is 1.